The van der Waals surface area contributed by atoms with Crippen molar-refractivity contribution in [2.75, 3.05) is 26.4 Å². The first kappa shape index (κ1) is 15.7. The van der Waals surface area contributed by atoms with E-state index < -0.39 is 0 Å². The first-order chi connectivity index (χ1) is 10.5. The Labute approximate surface area is 133 Å². The molecule has 3 rings (SSSR count). The molecule has 1 aromatic rings. The van der Waals surface area contributed by atoms with Gasteiger partial charge in [-0.25, -0.2) is 15.1 Å². The second kappa shape index (κ2) is 5.78. The van der Waals surface area contributed by atoms with Crippen LogP contribution < -0.4 is 10.6 Å². The molecule has 1 saturated heterocycles. The van der Waals surface area contributed by atoms with Crippen LogP contribution in [-0.2, 0) is 6.42 Å². The van der Waals surface area contributed by atoms with Gasteiger partial charge < -0.3 is 5.11 Å². The fraction of sp³-hybridized carbons (Fsp3) is 0.556. The van der Waals surface area contributed by atoms with E-state index in [-0.39, 0.29) is 12.5 Å². The molecular weight excluding hydrogens is 274 g/mol. The third-order valence-corrected chi connectivity index (χ3v) is 5.33. The summed E-state index contributed by atoms with van der Waals surface area (Å²) in [4.78, 5) is 0. The number of nitrogens with one attached hydrogen (secondary N) is 2. The highest BCUT2D eigenvalue weighted by atomic mass is 16.3. The molecule has 4 nitrogen and oxygen atoms in total. The molecule has 120 valence electrons. The van der Waals surface area contributed by atoms with Crippen LogP contribution in [0.4, 0.5) is 0 Å². The molecule has 3 N–H and O–H groups in total. The molecule has 1 aromatic carbocycles. The van der Waals surface area contributed by atoms with Crippen LogP contribution in [-0.4, -0.2) is 41.7 Å². The van der Waals surface area contributed by atoms with Crippen molar-refractivity contribution in [1.29, 1.82) is 0 Å². The largest absolute Gasteiger partial charge is 0.347 e. The molecule has 1 unspecified atom stereocenters. The molecular formula is C18H28N3O+. The molecule has 1 atom stereocenters. The molecule has 2 aliphatic heterocycles. The lowest BCUT2D eigenvalue weighted by Gasteiger charge is -2.46. The van der Waals surface area contributed by atoms with Gasteiger partial charge >= 0.3 is 0 Å². The third kappa shape index (κ3) is 2.40. The van der Waals surface area contributed by atoms with Gasteiger partial charge in [-0.3, -0.25) is 0 Å². The molecule has 0 spiro atoms. The standard InChI is InChI=1S/C18H28N3O/c1-14-10-15(2)17(16(3)11-14)12-18(19-6-7-20-18)21(13-22)8-4-5-9-21/h4,8,10-11,19-20,22H,5-7,9,12-13H2,1-3H3/q+1. The molecule has 2 heterocycles. The summed E-state index contributed by atoms with van der Waals surface area (Å²) in [7, 11) is 0. The third-order valence-electron chi connectivity index (χ3n) is 5.33. The van der Waals surface area contributed by atoms with E-state index in [2.05, 4.69) is 55.8 Å². The highest BCUT2D eigenvalue weighted by Gasteiger charge is 2.53. The summed E-state index contributed by atoms with van der Waals surface area (Å²) in [5.74, 6) is -0.299. The summed E-state index contributed by atoms with van der Waals surface area (Å²) in [5, 5.41) is 17.5. The minimum Gasteiger partial charge on any atom is -0.347 e. The molecule has 0 bridgehead atoms. The number of nitrogens with zero attached hydrogens (tertiary/aromatic N) is 1. The van der Waals surface area contributed by atoms with E-state index in [0.717, 1.165) is 32.5 Å². The maximum atomic E-state index is 10.1. The Kier molecular flexibility index (Phi) is 4.12. The van der Waals surface area contributed by atoms with Gasteiger partial charge in [0.25, 0.3) is 0 Å². The number of aliphatic hydroxyl groups is 1. The van der Waals surface area contributed by atoms with Crippen molar-refractivity contribution in [2.24, 2.45) is 0 Å². The molecule has 4 heteroatoms. The number of quaternary nitrogens is 1. The molecule has 22 heavy (non-hydrogen) atoms. The van der Waals surface area contributed by atoms with Crippen molar-refractivity contribution >= 4 is 0 Å². The van der Waals surface area contributed by atoms with Crippen molar-refractivity contribution in [3.8, 4) is 0 Å². The zero-order valence-electron chi connectivity index (χ0n) is 13.9. The SMILES string of the molecule is Cc1cc(C)c(CC2([N+]3(CO)C=CCC3)NCCN2)c(C)c1. The highest BCUT2D eigenvalue weighted by molar-refractivity contribution is 5.38. The molecule has 0 aromatic heterocycles. The van der Waals surface area contributed by atoms with Crippen molar-refractivity contribution < 1.29 is 9.59 Å². The van der Waals surface area contributed by atoms with E-state index in [1.807, 2.05) is 0 Å². The van der Waals surface area contributed by atoms with Gasteiger partial charge in [0.05, 0.1) is 19.2 Å². The molecule has 1 fully saturated rings. The zero-order valence-corrected chi connectivity index (χ0v) is 13.9. The Morgan fingerprint density at radius 2 is 1.77 bits per heavy atom. The minimum absolute atomic E-state index is 0.125. The Hall–Kier alpha value is -1.20. The summed E-state index contributed by atoms with van der Waals surface area (Å²) in [6, 6.07) is 4.52. The summed E-state index contributed by atoms with van der Waals surface area (Å²) in [6.07, 6.45) is 6.27. The Balaban J connectivity index is 2.01. The van der Waals surface area contributed by atoms with Gasteiger partial charge in [0.2, 0.25) is 5.79 Å². The van der Waals surface area contributed by atoms with Gasteiger partial charge in [-0.05, 0) is 43.5 Å². The van der Waals surface area contributed by atoms with Crippen LogP contribution in [0.3, 0.4) is 0 Å². The Morgan fingerprint density at radius 3 is 2.27 bits per heavy atom. The molecule has 2 aliphatic rings. The van der Waals surface area contributed by atoms with Gasteiger partial charge in [-0.1, -0.05) is 17.7 Å². The van der Waals surface area contributed by atoms with Crippen LogP contribution >= 0.6 is 0 Å². The van der Waals surface area contributed by atoms with Crippen LogP contribution in [0.5, 0.6) is 0 Å². The number of rotatable bonds is 4. The number of hydrogen-bond acceptors (Lipinski definition) is 3. The normalized spacial score (nSPS) is 26.7. The smallest absolute Gasteiger partial charge is 0.220 e. The summed E-state index contributed by atoms with van der Waals surface area (Å²) >= 11 is 0. The number of benzene rings is 1. The molecule has 0 amide bonds. The lowest BCUT2D eigenvalue weighted by atomic mass is 9.93. The molecule has 0 saturated carbocycles. The minimum atomic E-state index is -0.299. The van der Waals surface area contributed by atoms with E-state index >= 15 is 0 Å². The average Bonchev–Trinajstić information content (AvgIpc) is 3.13. The van der Waals surface area contributed by atoms with E-state index in [0.29, 0.717) is 4.48 Å². The lowest BCUT2D eigenvalue weighted by molar-refractivity contribution is -0.949. The summed E-state index contributed by atoms with van der Waals surface area (Å²) < 4.78 is 0.569. The highest BCUT2D eigenvalue weighted by Crippen LogP contribution is 2.33. The number of aliphatic hydroxyl groups excluding tert-OH is 1. The van der Waals surface area contributed by atoms with Crippen molar-refractivity contribution in [2.45, 2.75) is 39.4 Å². The maximum absolute atomic E-state index is 10.1. The number of hydrogen-bond donors (Lipinski definition) is 3. The second-order valence-electron chi connectivity index (χ2n) is 6.84. The van der Waals surface area contributed by atoms with E-state index in [4.69, 9.17) is 0 Å². The van der Waals surface area contributed by atoms with Gasteiger partial charge in [0.15, 0.2) is 6.73 Å². The second-order valence-corrected chi connectivity index (χ2v) is 6.84. The monoisotopic (exact) mass is 302 g/mol. The topological polar surface area (TPSA) is 44.3 Å². The molecule has 0 radical (unpaired) electrons. The predicted molar refractivity (Wildman–Crippen MR) is 89.1 cm³/mol. The van der Waals surface area contributed by atoms with Gasteiger partial charge in [0.1, 0.15) is 0 Å². The van der Waals surface area contributed by atoms with E-state index in [1.165, 1.54) is 22.3 Å². The van der Waals surface area contributed by atoms with E-state index in [9.17, 15) is 5.11 Å². The first-order valence-corrected chi connectivity index (χ1v) is 8.24. The van der Waals surface area contributed by atoms with E-state index in [1.54, 1.807) is 0 Å². The van der Waals surface area contributed by atoms with Crippen LogP contribution in [0.1, 0.15) is 28.7 Å². The summed E-state index contributed by atoms with van der Waals surface area (Å²) in [6.45, 7) is 9.50. The fourth-order valence-corrected chi connectivity index (χ4v) is 4.16. The quantitative estimate of drug-likeness (QED) is 0.742. The number of aryl methyl sites for hydroxylation is 3. The van der Waals surface area contributed by atoms with Gasteiger partial charge in [-0.2, -0.15) is 0 Å². The lowest BCUT2D eigenvalue weighted by Crippen LogP contribution is -2.72. The Bertz CT molecular complexity index is 567. The van der Waals surface area contributed by atoms with Crippen molar-refractivity contribution in [1.82, 2.24) is 10.6 Å². The van der Waals surface area contributed by atoms with Gasteiger partial charge in [0, 0.05) is 19.5 Å². The van der Waals surface area contributed by atoms with Crippen LogP contribution in [0.15, 0.2) is 24.4 Å². The molecule has 0 aliphatic carbocycles. The van der Waals surface area contributed by atoms with Gasteiger partial charge in [-0.15, -0.1) is 0 Å². The predicted octanol–water partition coefficient (Wildman–Crippen LogP) is 1.68. The van der Waals surface area contributed by atoms with Crippen LogP contribution in [0.25, 0.3) is 0 Å². The maximum Gasteiger partial charge on any atom is 0.220 e. The first-order valence-electron chi connectivity index (χ1n) is 8.24. The fourth-order valence-electron chi connectivity index (χ4n) is 4.16. The Morgan fingerprint density at radius 1 is 1.14 bits per heavy atom. The van der Waals surface area contributed by atoms with Crippen LogP contribution in [0.2, 0.25) is 0 Å². The van der Waals surface area contributed by atoms with Crippen molar-refractivity contribution in [3.05, 3.63) is 46.7 Å². The summed E-state index contributed by atoms with van der Waals surface area (Å²) in [5.41, 5.74) is 5.38. The van der Waals surface area contributed by atoms with Crippen LogP contribution in [0, 0.1) is 20.8 Å². The van der Waals surface area contributed by atoms with Crippen molar-refractivity contribution in [3.63, 3.8) is 0 Å². The average molecular weight is 302 g/mol. The zero-order chi connectivity index (χ0) is 15.8.